The van der Waals surface area contributed by atoms with E-state index in [0.29, 0.717) is 13.1 Å². The molecule has 3 heteroatoms. The molecule has 0 saturated heterocycles. The minimum Gasteiger partial charge on any atom is -0.334 e. The second-order valence-corrected chi connectivity index (χ2v) is 4.93. The van der Waals surface area contributed by atoms with E-state index in [1.54, 1.807) is 12.2 Å². The molecular weight excluding hydrogens is 272 g/mol. The summed E-state index contributed by atoms with van der Waals surface area (Å²) in [4.78, 5) is 11.8. The van der Waals surface area contributed by atoms with Gasteiger partial charge in [-0.25, -0.2) is 4.79 Å². The molecule has 2 amide bonds. The van der Waals surface area contributed by atoms with Gasteiger partial charge in [-0.15, -0.1) is 0 Å². The fourth-order valence-corrected chi connectivity index (χ4v) is 1.97. The van der Waals surface area contributed by atoms with E-state index in [0.717, 1.165) is 22.3 Å². The normalized spacial score (nSPS) is 9.82. The van der Waals surface area contributed by atoms with Crippen LogP contribution in [-0.2, 0) is 13.1 Å². The van der Waals surface area contributed by atoms with Crippen LogP contribution in [0.5, 0.6) is 0 Å². The summed E-state index contributed by atoms with van der Waals surface area (Å²) < 4.78 is 0. The van der Waals surface area contributed by atoms with E-state index in [1.807, 2.05) is 48.5 Å². The fourth-order valence-electron chi connectivity index (χ4n) is 1.97. The maximum absolute atomic E-state index is 11.8. The molecule has 3 nitrogen and oxygen atoms in total. The number of hydrogen-bond acceptors (Lipinski definition) is 1. The lowest BCUT2D eigenvalue weighted by molar-refractivity contribution is 0.240. The van der Waals surface area contributed by atoms with Crippen molar-refractivity contribution in [3.05, 3.63) is 83.9 Å². The van der Waals surface area contributed by atoms with Crippen molar-refractivity contribution >= 4 is 18.2 Å². The number of amides is 2. The Hall–Kier alpha value is -2.81. The molecule has 0 heterocycles. The molecule has 0 aromatic heterocycles. The number of carbonyl (C=O) groups is 1. The van der Waals surface area contributed by atoms with Crippen molar-refractivity contribution in [3.8, 4) is 0 Å². The number of benzene rings is 2. The van der Waals surface area contributed by atoms with Crippen molar-refractivity contribution in [2.75, 3.05) is 0 Å². The molecule has 0 spiro atoms. The Kier molecular flexibility index (Phi) is 5.55. The molecule has 0 aliphatic carbocycles. The van der Waals surface area contributed by atoms with E-state index in [1.165, 1.54) is 0 Å². The van der Waals surface area contributed by atoms with Crippen LogP contribution in [0, 0.1) is 0 Å². The summed E-state index contributed by atoms with van der Waals surface area (Å²) in [5.74, 6) is 0. The number of urea groups is 1. The SMILES string of the molecule is C=Cc1ccc(CNC(=O)NCc2ccc(C=C)cc2)cc1. The van der Waals surface area contributed by atoms with Crippen molar-refractivity contribution in [2.24, 2.45) is 0 Å². The molecule has 2 N–H and O–H groups in total. The molecule has 0 bridgehead atoms. The first kappa shape index (κ1) is 15.6. The monoisotopic (exact) mass is 292 g/mol. The summed E-state index contributed by atoms with van der Waals surface area (Å²) >= 11 is 0. The van der Waals surface area contributed by atoms with Crippen molar-refractivity contribution in [2.45, 2.75) is 13.1 Å². The Morgan fingerprint density at radius 2 is 1.14 bits per heavy atom. The molecule has 112 valence electrons. The van der Waals surface area contributed by atoms with Gasteiger partial charge >= 0.3 is 6.03 Å². The third-order valence-corrected chi connectivity index (χ3v) is 3.34. The van der Waals surface area contributed by atoms with Gasteiger partial charge in [0.15, 0.2) is 0 Å². The van der Waals surface area contributed by atoms with Gasteiger partial charge < -0.3 is 10.6 Å². The van der Waals surface area contributed by atoms with Crippen LogP contribution in [0.15, 0.2) is 61.7 Å². The zero-order chi connectivity index (χ0) is 15.8. The number of hydrogen-bond donors (Lipinski definition) is 2. The Balaban J connectivity index is 1.77. The van der Waals surface area contributed by atoms with Crippen LogP contribution < -0.4 is 10.6 Å². The molecule has 2 aromatic rings. The molecule has 0 saturated carbocycles. The second kappa shape index (κ2) is 7.84. The molecule has 0 atom stereocenters. The van der Waals surface area contributed by atoms with Crippen LogP contribution in [0.25, 0.3) is 12.2 Å². The second-order valence-electron chi connectivity index (χ2n) is 4.93. The Morgan fingerprint density at radius 3 is 1.45 bits per heavy atom. The predicted molar refractivity (Wildman–Crippen MR) is 92.1 cm³/mol. The van der Waals surface area contributed by atoms with Crippen LogP contribution >= 0.6 is 0 Å². The van der Waals surface area contributed by atoms with Crippen molar-refractivity contribution in [1.29, 1.82) is 0 Å². The highest BCUT2D eigenvalue weighted by Gasteiger charge is 2.01. The van der Waals surface area contributed by atoms with Gasteiger partial charge in [-0.2, -0.15) is 0 Å². The molecule has 0 aliphatic rings. The number of nitrogens with one attached hydrogen (secondary N) is 2. The van der Waals surface area contributed by atoms with Gasteiger partial charge in [-0.1, -0.05) is 73.8 Å². The predicted octanol–water partition coefficient (Wildman–Crippen LogP) is 3.97. The Bertz CT molecular complexity index is 585. The molecule has 0 unspecified atom stereocenters. The fraction of sp³-hybridized carbons (Fsp3) is 0.105. The standard InChI is InChI=1S/C19H20N2O/c1-3-15-5-9-17(10-6-15)13-20-19(22)21-14-18-11-7-16(4-2)8-12-18/h3-12H,1-2,13-14H2,(H2,20,21,22). The summed E-state index contributed by atoms with van der Waals surface area (Å²) in [5, 5.41) is 5.67. The number of rotatable bonds is 6. The molecular formula is C19H20N2O. The van der Waals surface area contributed by atoms with Gasteiger partial charge in [0, 0.05) is 13.1 Å². The van der Waals surface area contributed by atoms with Gasteiger partial charge in [0.25, 0.3) is 0 Å². The Morgan fingerprint density at radius 1 is 0.773 bits per heavy atom. The van der Waals surface area contributed by atoms with Gasteiger partial charge in [0.1, 0.15) is 0 Å². The summed E-state index contributed by atoms with van der Waals surface area (Å²) in [5.41, 5.74) is 4.24. The summed E-state index contributed by atoms with van der Waals surface area (Å²) in [6.45, 7) is 8.42. The quantitative estimate of drug-likeness (QED) is 0.831. The van der Waals surface area contributed by atoms with E-state index in [-0.39, 0.29) is 6.03 Å². The van der Waals surface area contributed by atoms with Gasteiger partial charge in [0.05, 0.1) is 0 Å². The summed E-state index contributed by atoms with van der Waals surface area (Å²) in [6, 6.07) is 15.6. The van der Waals surface area contributed by atoms with E-state index in [9.17, 15) is 4.79 Å². The molecule has 0 radical (unpaired) electrons. The highest BCUT2D eigenvalue weighted by atomic mass is 16.2. The van der Waals surface area contributed by atoms with Crippen LogP contribution in [0.3, 0.4) is 0 Å². The third kappa shape index (κ3) is 4.63. The average molecular weight is 292 g/mol. The van der Waals surface area contributed by atoms with Crippen LogP contribution in [0.2, 0.25) is 0 Å². The summed E-state index contributed by atoms with van der Waals surface area (Å²) in [6.07, 6.45) is 3.59. The smallest absolute Gasteiger partial charge is 0.315 e. The van der Waals surface area contributed by atoms with Crippen molar-refractivity contribution in [3.63, 3.8) is 0 Å². The lowest BCUT2D eigenvalue weighted by Gasteiger charge is -2.08. The first-order valence-corrected chi connectivity index (χ1v) is 7.15. The first-order chi connectivity index (χ1) is 10.7. The van der Waals surface area contributed by atoms with Gasteiger partial charge in [-0.3, -0.25) is 0 Å². The summed E-state index contributed by atoms with van der Waals surface area (Å²) in [7, 11) is 0. The third-order valence-electron chi connectivity index (χ3n) is 3.34. The van der Waals surface area contributed by atoms with E-state index in [2.05, 4.69) is 23.8 Å². The van der Waals surface area contributed by atoms with Crippen LogP contribution in [-0.4, -0.2) is 6.03 Å². The van der Waals surface area contributed by atoms with Crippen LogP contribution in [0.4, 0.5) is 4.79 Å². The highest BCUT2D eigenvalue weighted by Crippen LogP contribution is 2.06. The van der Waals surface area contributed by atoms with E-state index in [4.69, 9.17) is 0 Å². The minimum atomic E-state index is -0.180. The van der Waals surface area contributed by atoms with Crippen molar-refractivity contribution in [1.82, 2.24) is 10.6 Å². The lowest BCUT2D eigenvalue weighted by atomic mass is 10.1. The topological polar surface area (TPSA) is 41.1 Å². The molecule has 0 aliphatic heterocycles. The minimum absolute atomic E-state index is 0.180. The van der Waals surface area contributed by atoms with E-state index >= 15 is 0 Å². The van der Waals surface area contributed by atoms with Gasteiger partial charge in [0.2, 0.25) is 0 Å². The van der Waals surface area contributed by atoms with E-state index < -0.39 is 0 Å². The molecule has 2 rings (SSSR count). The zero-order valence-electron chi connectivity index (χ0n) is 12.5. The van der Waals surface area contributed by atoms with Gasteiger partial charge in [-0.05, 0) is 22.3 Å². The molecule has 2 aromatic carbocycles. The maximum Gasteiger partial charge on any atom is 0.315 e. The van der Waals surface area contributed by atoms with Crippen molar-refractivity contribution < 1.29 is 4.79 Å². The largest absolute Gasteiger partial charge is 0.334 e. The zero-order valence-corrected chi connectivity index (χ0v) is 12.5. The Labute approximate surface area is 131 Å². The number of carbonyl (C=O) groups excluding carboxylic acids is 1. The molecule has 22 heavy (non-hydrogen) atoms. The molecule has 0 fully saturated rings. The highest BCUT2D eigenvalue weighted by molar-refractivity contribution is 5.73. The average Bonchev–Trinajstić information content (AvgIpc) is 2.59. The van der Waals surface area contributed by atoms with Crippen LogP contribution in [0.1, 0.15) is 22.3 Å². The first-order valence-electron chi connectivity index (χ1n) is 7.15. The maximum atomic E-state index is 11.8. The lowest BCUT2D eigenvalue weighted by Crippen LogP contribution is -2.34.